The van der Waals surface area contributed by atoms with Gasteiger partial charge in [0, 0.05) is 24.4 Å². The second-order valence-corrected chi connectivity index (χ2v) is 6.60. The van der Waals surface area contributed by atoms with Gasteiger partial charge in [0.2, 0.25) is 5.91 Å². The lowest BCUT2D eigenvalue weighted by Crippen LogP contribution is -2.15. The third-order valence-corrected chi connectivity index (χ3v) is 4.35. The van der Waals surface area contributed by atoms with Crippen LogP contribution in [0.2, 0.25) is 0 Å². The molecular weight excluding hydrogens is 424 g/mol. The number of carbonyl (C=O) groups is 1. The van der Waals surface area contributed by atoms with Crippen molar-refractivity contribution in [2.75, 3.05) is 5.32 Å². The standard InChI is InChI=1S/C21H15F6N3O/c22-20(23,24)15-4-1-13(2-5-15)3-6-18(31)30-16-11-17(21(25,26)27)19(29-12-16)14-7-9-28-10-8-14/h1-2,4-5,7-12H,3,6H2,(H,30,31). The smallest absolute Gasteiger partial charge is 0.325 e. The first-order valence-corrected chi connectivity index (χ1v) is 8.97. The van der Waals surface area contributed by atoms with Gasteiger partial charge in [0.25, 0.3) is 0 Å². The monoisotopic (exact) mass is 439 g/mol. The van der Waals surface area contributed by atoms with Crippen molar-refractivity contribution >= 4 is 11.6 Å². The number of nitrogens with zero attached hydrogens (tertiary/aromatic N) is 2. The Bertz CT molecular complexity index is 1050. The molecular formula is C21H15F6N3O. The van der Waals surface area contributed by atoms with Gasteiger partial charge in [0.05, 0.1) is 28.7 Å². The summed E-state index contributed by atoms with van der Waals surface area (Å²) in [5.41, 5.74) is -1.53. The van der Waals surface area contributed by atoms with Crippen LogP contribution in [-0.4, -0.2) is 15.9 Å². The first-order valence-electron chi connectivity index (χ1n) is 8.97. The van der Waals surface area contributed by atoms with E-state index < -0.39 is 29.4 Å². The van der Waals surface area contributed by atoms with Gasteiger partial charge in [-0.3, -0.25) is 14.8 Å². The van der Waals surface area contributed by atoms with Crippen LogP contribution in [0.3, 0.4) is 0 Å². The van der Waals surface area contributed by atoms with Crippen molar-refractivity contribution in [3.63, 3.8) is 0 Å². The van der Waals surface area contributed by atoms with E-state index in [4.69, 9.17) is 0 Å². The molecule has 0 radical (unpaired) electrons. The van der Waals surface area contributed by atoms with E-state index in [9.17, 15) is 31.1 Å². The number of halogens is 6. The van der Waals surface area contributed by atoms with Crippen LogP contribution in [0.4, 0.5) is 32.0 Å². The lowest BCUT2D eigenvalue weighted by atomic mass is 10.1. The summed E-state index contributed by atoms with van der Waals surface area (Å²) >= 11 is 0. The van der Waals surface area contributed by atoms with Crippen molar-refractivity contribution in [1.29, 1.82) is 0 Å². The molecule has 1 N–H and O–H groups in total. The predicted octanol–water partition coefficient (Wildman–Crippen LogP) is 5.75. The largest absolute Gasteiger partial charge is 0.418 e. The van der Waals surface area contributed by atoms with Gasteiger partial charge in [-0.05, 0) is 42.3 Å². The molecule has 0 aliphatic heterocycles. The summed E-state index contributed by atoms with van der Waals surface area (Å²) in [4.78, 5) is 19.7. The molecule has 0 saturated carbocycles. The third kappa shape index (κ3) is 5.80. The summed E-state index contributed by atoms with van der Waals surface area (Å²) in [6.07, 6.45) is -5.37. The molecule has 0 atom stereocenters. The number of carbonyl (C=O) groups excluding carboxylic acids is 1. The molecule has 1 aromatic carbocycles. The summed E-state index contributed by atoms with van der Waals surface area (Å²) in [5.74, 6) is -0.591. The molecule has 0 bridgehead atoms. The molecule has 0 aliphatic carbocycles. The Morgan fingerprint density at radius 2 is 1.55 bits per heavy atom. The Labute approximate surface area is 173 Å². The minimum atomic E-state index is -4.70. The normalized spacial score (nSPS) is 11.9. The highest BCUT2D eigenvalue weighted by Crippen LogP contribution is 2.37. The first-order chi connectivity index (χ1) is 14.5. The van der Waals surface area contributed by atoms with E-state index >= 15 is 0 Å². The highest BCUT2D eigenvalue weighted by Gasteiger charge is 2.35. The van der Waals surface area contributed by atoms with Crippen LogP contribution in [0, 0.1) is 0 Å². The number of hydrogen-bond donors (Lipinski definition) is 1. The number of aromatic nitrogens is 2. The molecule has 3 aromatic rings. The van der Waals surface area contributed by atoms with Crippen molar-refractivity contribution in [3.8, 4) is 11.3 Å². The van der Waals surface area contributed by atoms with Gasteiger partial charge in [-0.15, -0.1) is 0 Å². The van der Waals surface area contributed by atoms with Gasteiger partial charge in [0.15, 0.2) is 0 Å². The number of pyridine rings is 2. The van der Waals surface area contributed by atoms with Crippen molar-refractivity contribution < 1.29 is 31.1 Å². The van der Waals surface area contributed by atoms with E-state index in [1.807, 2.05) is 0 Å². The summed E-state index contributed by atoms with van der Waals surface area (Å²) in [6, 6.07) is 7.89. The van der Waals surface area contributed by atoms with Crippen LogP contribution >= 0.6 is 0 Å². The van der Waals surface area contributed by atoms with E-state index in [1.165, 1.54) is 36.7 Å². The van der Waals surface area contributed by atoms with Crippen LogP contribution in [0.5, 0.6) is 0 Å². The maximum absolute atomic E-state index is 13.5. The molecule has 2 aromatic heterocycles. The van der Waals surface area contributed by atoms with Crippen molar-refractivity contribution in [3.05, 3.63) is 77.7 Å². The topological polar surface area (TPSA) is 54.9 Å². The quantitative estimate of drug-likeness (QED) is 0.515. The number of aryl methyl sites for hydroxylation is 1. The Morgan fingerprint density at radius 1 is 0.903 bits per heavy atom. The fourth-order valence-corrected chi connectivity index (χ4v) is 2.83. The number of benzene rings is 1. The lowest BCUT2D eigenvalue weighted by molar-refractivity contribution is -0.138. The van der Waals surface area contributed by atoms with Gasteiger partial charge in [-0.2, -0.15) is 26.3 Å². The molecule has 0 spiro atoms. The van der Waals surface area contributed by atoms with Gasteiger partial charge >= 0.3 is 12.4 Å². The number of amides is 1. The zero-order valence-corrected chi connectivity index (χ0v) is 15.8. The molecule has 0 aliphatic rings. The zero-order valence-electron chi connectivity index (χ0n) is 15.8. The van der Waals surface area contributed by atoms with Crippen LogP contribution in [-0.2, 0) is 23.6 Å². The lowest BCUT2D eigenvalue weighted by Gasteiger charge is -2.14. The Balaban J connectivity index is 1.70. The molecule has 10 heteroatoms. The maximum Gasteiger partial charge on any atom is 0.418 e. The molecule has 162 valence electrons. The number of hydrogen-bond acceptors (Lipinski definition) is 3. The van der Waals surface area contributed by atoms with E-state index in [1.54, 1.807) is 0 Å². The van der Waals surface area contributed by atoms with Crippen LogP contribution in [0.15, 0.2) is 61.1 Å². The molecule has 0 fully saturated rings. The second kappa shape index (κ2) is 8.75. The van der Waals surface area contributed by atoms with Gasteiger partial charge < -0.3 is 5.32 Å². The SMILES string of the molecule is O=C(CCc1ccc(C(F)(F)F)cc1)Nc1cnc(-c2ccncc2)c(C(F)(F)F)c1. The van der Waals surface area contributed by atoms with Crippen LogP contribution in [0.25, 0.3) is 11.3 Å². The zero-order chi connectivity index (χ0) is 22.6. The fraction of sp³-hybridized carbons (Fsp3) is 0.190. The molecule has 3 rings (SSSR count). The van der Waals surface area contributed by atoms with Crippen LogP contribution in [0.1, 0.15) is 23.1 Å². The minimum absolute atomic E-state index is 0.124. The Morgan fingerprint density at radius 3 is 2.13 bits per heavy atom. The van der Waals surface area contributed by atoms with Crippen LogP contribution < -0.4 is 5.32 Å². The average Bonchev–Trinajstić information content (AvgIpc) is 2.72. The van der Waals surface area contributed by atoms with Gasteiger partial charge in [-0.25, -0.2) is 0 Å². The summed E-state index contributed by atoms with van der Waals surface area (Å²) in [6.45, 7) is 0. The molecule has 0 unspecified atom stereocenters. The fourth-order valence-electron chi connectivity index (χ4n) is 2.83. The summed E-state index contributed by atoms with van der Waals surface area (Å²) < 4.78 is 78.2. The van der Waals surface area contributed by atoms with Gasteiger partial charge in [0.1, 0.15) is 0 Å². The molecule has 0 saturated heterocycles. The second-order valence-electron chi connectivity index (χ2n) is 6.60. The Hall–Kier alpha value is -3.43. The van der Waals surface area contributed by atoms with Gasteiger partial charge in [-0.1, -0.05) is 12.1 Å². The molecule has 31 heavy (non-hydrogen) atoms. The third-order valence-electron chi connectivity index (χ3n) is 4.35. The number of alkyl halides is 6. The summed E-state index contributed by atoms with van der Waals surface area (Å²) in [7, 11) is 0. The molecule has 1 amide bonds. The minimum Gasteiger partial charge on any atom is -0.325 e. The van der Waals surface area contributed by atoms with Crippen molar-refractivity contribution in [2.45, 2.75) is 25.2 Å². The Kier molecular flexibility index (Phi) is 6.28. The maximum atomic E-state index is 13.5. The highest BCUT2D eigenvalue weighted by molar-refractivity contribution is 5.91. The average molecular weight is 439 g/mol. The van der Waals surface area contributed by atoms with Crippen molar-refractivity contribution in [1.82, 2.24) is 9.97 Å². The molecule has 2 heterocycles. The van der Waals surface area contributed by atoms with Crippen molar-refractivity contribution in [2.24, 2.45) is 0 Å². The van der Waals surface area contributed by atoms with E-state index in [2.05, 4.69) is 15.3 Å². The predicted molar refractivity (Wildman–Crippen MR) is 101 cm³/mol. The van der Waals surface area contributed by atoms with E-state index in [0.29, 0.717) is 5.56 Å². The summed E-state index contributed by atoms with van der Waals surface area (Å²) in [5, 5.41) is 2.35. The first kappa shape index (κ1) is 22.3. The molecule has 4 nitrogen and oxygen atoms in total. The number of nitrogens with one attached hydrogen (secondary N) is 1. The highest BCUT2D eigenvalue weighted by atomic mass is 19.4. The van der Waals surface area contributed by atoms with E-state index in [-0.39, 0.29) is 29.8 Å². The number of rotatable bonds is 5. The number of anilines is 1. The van der Waals surface area contributed by atoms with E-state index in [0.717, 1.165) is 24.4 Å².